The first-order valence-electron chi connectivity index (χ1n) is 7.08. The van der Waals surface area contributed by atoms with Crippen LogP contribution in [0, 0.1) is 17.7 Å². The Labute approximate surface area is 124 Å². The molecule has 21 heavy (non-hydrogen) atoms. The maximum Gasteiger partial charge on any atom is 0.256 e. The molecule has 1 heterocycles. The summed E-state index contributed by atoms with van der Waals surface area (Å²) >= 11 is 0. The molecule has 0 aliphatic carbocycles. The molecule has 0 radical (unpaired) electrons. The lowest BCUT2D eigenvalue weighted by Crippen LogP contribution is -2.35. The van der Waals surface area contributed by atoms with Crippen molar-refractivity contribution < 1.29 is 9.18 Å². The van der Waals surface area contributed by atoms with Crippen LogP contribution < -0.4 is 5.73 Å². The fourth-order valence-electron chi connectivity index (χ4n) is 2.34. The van der Waals surface area contributed by atoms with Gasteiger partial charge in [-0.25, -0.2) is 4.39 Å². The summed E-state index contributed by atoms with van der Waals surface area (Å²) in [7, 11) is 2.03. The molecule has 5 heteroatoms. The van der Waals surface area contributed by atoms with Gasteiger partial charge < -0.3 is 15.5 Å². The molecule has 1 aliphatic rings. The highest BCUT2D eigenvalue weighted by molar-refractivity contribution is 5.95. The van der Waals surface area contributed by atoms with Crippen LogP contribution >= 0.6 is 0 Å². The summed E-state index contributed by atoms with van der Waals surface area (Å²) < 4.78 is 13.9. The van der Waals surface area contributed by atoms with Crippen molar-refractivity contribution in [3.63, 3.8) is 0 Å². The largest absolute Gasteiger partial charge is 0.337 e. The minimum atomic E-state index is -0.504. The Balaban J connectivity index is 2.21. The van der Waals surface area contributed by atoms with Crippen LogP contribution in [0.5, 0.6) is 0 Å². The molecule has 1 aromatic rings. The Morgan fingerprint density at radius 2 is 2.14 bits per heavy atom. The van der Waals surface area contributed by atoms with Crippen molar-refractivity contribution in [2.75, 3.05) is 39.8 Å². The molecular formula is C16H20FN3O. The van der Waals surface area contributed by atoms with Crippen LogP contribution in [-0.4, -0.2) is 55.5 Å². The molecule has 2 rings (SSSR count). The average molecular weight is 289 g/mol. The van der Waals surface area contributed by atoms with E-state index >= 15 is 0 Å². The van der Waals surface area contributed by atoms with Gasteiger partial charge in [0.15, 0.2) is 0 Å². The Morgan fingerprint density at radius 3 is 2.90 bits per heavy atom. The van der Waals surface area contributed by atoms with Crippen LogP contribution in [-0.2, 0) is 0 Å². The van der Waals surface area contributed by atoms with Gasteiger partial charge in [-0.05, 0) is 38.2 Å². The number of carbonyl (C=O) groups is 1. The molecule has 0 bridgehead atoms. The standard InChI is InChI=1S/C16H20FN3O/c1-19-8-3-9-20(11-10-19)16(21)14-12-13(4-2-7-18)5-6-15(14)17/h5-6,12H,3,7-11,18H2,1H3. The van der Waals surface area contributed by atoms with Gasteiger partial charge in [0.2, 0.25) is 0 Å². The van der Waals surface area contributed by atoms with Crippen molar-refractivity contribution in [2.45, 2.75) is 6.42 Å². The zero-order valence-electron chi connectivity index (χ0n) is 12.2. The van der Waals surface area contributed by atoms with Gasteiger partial charge in [-0.3, -0.25) is 4.79 Å². The van der Waals surface area contributed by atoms with Crippen molar-refractivity contribution in [3.8, 4) is 11.8 Å². The Morgan fingerprint density at radius 1 is 1.33 bits per heavy atom. The van der Waals surface area contributed by atoms with E-state index in [4.69, 9.17) is 5.73 Å². The third-order valence-electron chi connectivity index (χ3n) is 3.54. The lowest BCUT2D eigenvalue weighted by atomic mass is 10.1. The first kappa shape index (κ1) is 15.5. The maximum atomic E-state index is 13.9. The topological polar surface area (TPSA) is 49.6 Å². The molecule has 0 unspecified atom stereocenters. The summed E-state index contributed by atoms with van der Waals surface area (Å²) in [5.74, 6) is 4.77. The van der Waals surface area contributed by atoms with Crippen LogP contribution in [0.3, 0.4) is 0 Å². The van der Waals surface area contributed by atoms with Gasteiger partial charge in [0.1, 0.15) is 5.82 Å². The van der Waals surface area contributed by atoms with Crippen molar-refractivity contribution in [1.82, 2.24) is 9.80 Å². The quantitative estimate of drug-likeness (QED) is 0.782. The van der Waals surface area contributed by atoms with E-state index in [9.17, 15) is 9.18 Å². The van der Waals surface area contributed by atoms with E-state index in [1.807, 2.05) is 7.05 Å². The summed E-state index contributed by atoms with van der Waals surface area (Å²) in [6, 6.07) is 4.36. The van der Waals surface area contributed by atoms with E-state index in [1.54, 1.807) is 11.0 Å². The van der Waals surface area contributed by atoms with Crippen molar-refractivity contribution in [2.24, 2.45) is 5.73 Å². The molecular weight excluding hydrogens is 269 g/mol. The van der Waals surface area contributed by atoms with Gasteiger partial charge in [-0.2, -0.15) is 0 Å². The van der Waals surface area contributed by atoms with Crippen LogP contribution in [0.4, 0.5) is 4.39 Å². The highest BCUT2D eigenvalue weighted by Crippen LogP contribution is 2.14. The molecule has 0 spiro atoms. The second kappa shape index (κ2) is 7.21. The van der Waals surface area contributed by atoms with Gasteiger partial charge >= 0.3 is 0 Å². The Bertz CT molecular complexity index is 577. The van der Waals surface area contributed by atoms with Crippen molar-refractivity contribution >= 4 is 5.91 Å². The monoisotopic (exact) mass is 289 g/mol. The fourth-order valence-corrected chi connectivity index (χ4v) is 2.34. The number of benzene rings is 1. The number of nitrogens with two attached hydrogens (primary N) is 1. The smallest absolute Gasteiger partial charge is 0.256 e. The van der Waals surface area contributed by atoms with Crippen LogP contribution in [0.1, 0.15) is 22.3 Å². The zero-order chi connectivity index (χ0) is 15.2. The van der Waals surface area contributed by atoms with Gasteiger partial charge in [-0.15, -0.1) is 0 Å². The first-order valence-corrected chi connectivity index (χ1v) is 7.08. The second-order valence-electron chi connectivity index (χ2n) is 5.15. The molecule has 0 saturated carbocycles. The number of nitrogens with zero attached hydrogens (tertiary/aromatic N) is 2. The summed E-state index contributed by atoms with van der Waals surface area (Å²) in [5, 5.41) is 0. The minimum Gasteiger partial charge on any atom is -0.337 e. The molecule has 4 nitrogen and oxygen atoms in total. The highest BCUT2D eigenvalue weighted by atomic mass is 19.1. The van der Waals surface area contributed by atoms with Crippen LogP contribution in [0.25, 0.3) is 0 Å². The SMILES string of the molecule is CN1CCCN(C(=O)c2cc(C#CCN)ccc2F)CC1. The number of rotatable bonds is 1. The van der Waals surface area contributed by atoms with Gasteiger partial charge in [0.05, 0.1) is 12.1 Å². The van der Waals surface area contributed by atoms with Crippen LogP contribution in [0.2, 0.25) is 0 Å². The van der Waals surface area contributed by atoms with E-state index < -0.39 is 5.82 Å². The third-order valence-corrected chi connectivity index (χ3v) is 3.54. The van der Waals surface area contributed by atoms with E-state index in [0.717, 1.165) is 19.5 Å². The molecule has 1 aliphatic heterocycles. The normalized spacial score (nSPS) is 16.0. The third kappa shape index (κ3) is 4.03. The molecule has 0 atom stereocenters. The first-order chi connectivity index (χ1) is 10.1. The summed E-state index contributed by atoms with van der Waals surface area (Å²) in [4.78, 5) is 16.4. The van der Waals surface area contributed by atoms with Crippen molar-refractivity contribution in [1.29, 1.82) is 0 Å². The second-order valence-corrected chi connectivity index (χ2v) is 5.15. The van der Waals surface area contributed by atoms with E-state index in [0.29, 0.717) is 18.7 Å². The molecule has 2 N–H and O–H groups in total. The van der Waals surface area contributed by atoms with E-state index in [-0.39, 0.29) is 18.0 Å². The summed E-state index contributed by atoms with van der Waals surface area (Å²) in [6.45, 7) is 3.27. The molecule has 1 fully saturated rings. The van der Waals surface area contributed by atoms with E-state index in [1.165, 1.54) is 12.1 Å². The van der Waals surface area contributed by atoms with Crippen LogP contribution in [0.15, 0.2) is 18.2 Å². The lowest BCUT2D eigenvalue weighted by molar-refractivity contribution is 0.0758. The summed E-state index contributed by atoms with van der Waals surface area (Å²) in [5.41, 5.74) is 6.02. The highest BCUT2D eigenvalue weighted by Gasteiger charge is 2.21. The number of hydrogen-bond acceptors (Lipinski definition) is 3. The fraction of sp³-hybridized carbons (Fsp3) is 0.438. The lowest BCUT2D eigenvalue weighted by Gasteiger charge is -2.21. The number of amides is 1. The summed E-state index contributed by atoms with van der Waals surface area (Å²) in [6.07, 6.45) is 0.899. The molecule has 0 aromatic heterocycles. The molecule has 1 saturated heterocycles. The van der Waals surface area contributed by atoms with Gasteiger partial charge in [-0.1, -0.05) is 11.8 Å². The Kier molecular flexibility index (Phi) is 5.32. The minimum absolute atomic E-state index is 0.0865. The van der Waals surface area contributed by atoms with E-state index in [2.05, 4.69) is 16.7 Å². The number of likely N-dealkylation sites (N-methyl/N-ethyl adjacent to an activating group) is 1. The molecule has 1 amide bonds. The average Bonchev–Trinajstić information content (AvgIpc) is 2.70. The maximum absolute atomic E-state index is 13.9. The zero-order valence-corrected chi connectivity index (χ0v) is 12.2. The van der Waals surface area contributed by atoms with Gasteiger partial charge in [0.25, 0.3) is 5.91 Å². The number of halogens is 1. The molecule has 112 valence electrons. The number of carbonyl (C=O) groups excluding carboxylic acids is 1. The Hall–Kier alpha value is -1.90. The predicted molar refractivity (Wildman–Crippen MR) is 80.3 cm³/mol. The number of hydrogen-bond donors (Lipinski definition) is 1. The van der Waals surface area contributed by atoms with Crippen molar-refractivity contribution in [3.05, 3.63) is 35.1 Å². The molecule has 1 aromatic carbocycles. The predicted octanol–water partition coefficient (Wildman–Crippen LogP) is 0.914. The van der Waals surface area contributed by atoms with Gasteiger partial charge in [0, 0.05) is 25.2 Å².